The summed E-state index contributed by atoms with van der Waals surface area (Å²) in [5.74, 6) is -0.608. The Morgan fingerprint density at radius 1 is 1.38 bits per heavy atom. The first-order chi connectivity index (χ1) is 9.59. The van der Waals surface area contributed by atoms with Crippen LogP contribution in [-0.2, 0) is 19.8 Å². The molecule has 21 heavy (non-hydrogen) atoms. The van der Waals surface area contributed by atoms with Gasteiger partial charge in [0.05, 0.1) is 9.82 Å². The third-order valence-corrected chi connectivity index (χ3v) is 5.81. The van der Waals surface area contributed by atoms with E-state index in [9.17, 15) is 27.8 Å². The van der Waals surface area contributed by atoms with Gasteiger partial charge < -0.3 is 5.11 Å². The number of phenolic OH excluding ortho intramolecular Hbond substituents is 1. The van der Waals surface area contributed by atoms with Crippen LogP contribution in [0, 0.1) is 10.1 Å². The smallest absolute Gasteiger partial charge is 0.312 e. The highest BCUT2D eigenvalue weighted by Crippen LogP contribution is 2.27. The summed E-state index contributed by atoms with van der Waals surface area (Å²) < 4.78 is 41.4. The first-order valence-corrected chi connectivity index (χ1v) is 9.21. The predicted molar refractivity (Wildman–Crippen MR) is 77.2 cm³/mol. The summed E-state index contributed by atoms with van der Waals surface area (Å²) in [5.41, 5.74) is -0.708. The molecule has 0 saturated heterocycles. The van der Waals surface area contributed by atoms with Crippen LogP contribution in [0.4, 0.5) is 5.69 Å². The van der Waals surface area contributed by atoms with Gasteiger partial charge in [-0.25, -0.2) is 17.5 Å². The molecule has 11 heteroatoms. The largest absolute Gasteiger partial charge is 0.502 e. The van der Waals surface area contributed by atoms with E-state index < -0.39 is 36.1 Å². The Hall–Kier alpha value is -1.72. The summed E-state index contributed by atoms with van der Waals surface area (Å²) >= 11 is 0. The predicted octanol–water partition coefficient (Wildman–Crippen LogP) is 0.306. The van der Waals surface area contributed by atoms with Crippen molar-refractivity contribution in [1.29, 1.82) is 0 Å². The first kappa shape index (κ1) is 17.3. The summed E-state index contributed by atoms with van der Waals surface area (Å²) in [5, 5.41) is 19.9. The number of phenols is 1. The molecule has 0 saturated carbocycles. The molecule has 0 aliphatic carbocycles. The van der Waals surface area contributed by atoms with Gasteiger partial charge in [0.25, 0.3) is 0 Å². The normalized spacial score (nSPS) is 14.4. The van der Waals surface area contributed by atoms with Crippen molar-refractivity contribution in [2.24, 2.45) is 4.36 Å². The Kier molecular flexibility index (Phi) is 5.25. The van der Waals surface area contributed by atoms with E-state index in [1.54, 1.807) is 0 Å². The number of hydrogen-bond acceptors (Lipinski definition) is 7. The van der Waals surface area contributed by atoms with Crippen molar-refractivity contribution >= 4 is 25.4 Å². The Labute approximate surface area is 122 Å². The molecule has 2 N–H and O–H groups in total. The maximum absolute atomic E-state index is 12.0. The maximum atomic E-state index is 12.0. The van der Waals surface area contributed by atoms with Gasteiger partial charge >= 0.3 is 5.69 Å². The zero-order valence-electron chi connectivity index (χ0n) is 11.3. The minimum absolute atomic E-state index is 0.0168. The number of nitrogens with one attached hydrogen (secondary N) is 1. The fourth-order valence-corrected chi connectivity index (χ4v) is 3.20. The van der Waals surface area contributed by atoms with Crippen molar-refractivity contribution in [3.05, 3.63) is 28.3 Å². The number of nitro benzene ring substituents is 1. The molecule has 1 aromatic rings. The number of nitro groups is 1. The SMILES string of the molecule is CN=S(C)(=O)CCNS(=O)(=O)c1ccc(O)c([N+](=O)[O-])c1. The standard InChI is InChI=1S/C10H15N3O6S2/c1-11-20(2,17)6-5-12-21(18,19)8-3-4-10(14)9(7-8)13(15)16/h3-4,7,12,14H,5-6H2,1-2H3. The summed E-state index contributed by atoms with van der Waals surface area (Å²) in [4.78, 5) is 9.42. The number of rotatable bonds is 6. The molecule has 1 aromatic carbocycles. The van der Waals surface area contributed by atoms with Crippen molar-refractivity contribution in [2.45, 2.75) is 4.90 Å². The van der Waals surface area contributed by atoms with Gasteiger partial charge in [0, 0.05) is 41.4 Å². The van der Waals surface area contributed by atoms with Crippen molar-refractivity contribution in [3.8, 4) is 5.75 Å². The maximum Gasteiger partial charge on any atom is 0.312 e. The van der Waals surface area contributed by atoms with Crippen LogP contribution >= 0.6 is 0 Å². The van der Waals surface area contributed by atoms with Gasteiger partial charge in [0.2, 0.25) is 10.0 Å². The number of hydrogen-bond donors (Lipinski definition) is 2. The van der Waals surface area contributed by atoms with Gasteiger partial charge in [0.15, 0.2) is 5.75 Å². The summed E-state index contributed by atoms with van der Waals surface area (Å²) in [6.45, 7) is -0.121. The lowest BCUT2D eigenvalue weighted by Gasteiger charge is -2.07. The van der Waals surface area contributed by atoms with Crippen LogP contribution < -0.4 is 4.72 Å². The zero-order valence-corrected chi connectivity index (χ0v) is 13.0. The van der Waals surface area contributed by atoms with E-state index in [2.05, 4.69) is 9.08 Å². The Balaban J connectivity index is 2.97. The molecule has 0 aliphatic rings. The van der Waals surface area contributed by atoms with E-state index in [0.717, 1.165) is 18.2 Å². The molecule has 1 rings (SSSR count). The summed E-state index contributed by atoms with van der Waals surface area (Å²) in [7, 11) is -5.07. The second-order valence-corrected chi connectivity index (χ2v) is 8.61. The lowest BCUT2D eigenvalue weighted by molar-refractivity contribution is -0.386. The molecule has 1 atom stereocenters. The van der Waals surface area contributed by atoms with E-state index in [0.29, 0.717) is 0 Å². The second kappa shape index (κ2) is 6.37. The van der Waals surface area contributed by atoms with E-state index in [1.165, 1.54) is 13.3 Å². The fraction of sp³-hybridized carbons (Fsp3) is 0.400. The fourth-order valence-electron chi connectivity index (χ4n) is 1.36. The highest BCUT2D eigenvalue weighted by molar-refractivity contribution is 7.93. The number of benzene rings is 1. The Morgan fingerprint density at radius 3 is 2.52 bits per heavy atom. The monoisotopic (exact) mass is 337 g/mol. The second-order valence-electron chi connectivity index (χ2n) is 4.15. The van der Waals surface area contributed by atoms with Crippen LogP contribution in [0.15, 0.2) is 27.5 Å². The lowest BCUT2D eigenvalue weighted by Crippen LogP contribution is -2.28. The van der Waals surface area contributed by atoms with Crippen molar-refractivity contribution in [1.82, 2.24) is 4.72 Å². The van der Waals surface area contributed by atoms with Crippen molar-refractivity contribution < 1.29 is 22.7 Å². The third-order valence-electron chi connectivity index (χ3n) is 2.61. The highest BCUT2D eigenvalue weighted by atomic mass is 32.2. The van der Waals surface area contributed by atoms with Crippen LogP contribution in [0.25, 0.3) is 0 Å². The van der Waals surface area contributed by atoms with E-state index in [4.69, 9.17) is 0 Å². The molecule has 0 radical (unpaired) electrons. The van der Waals surface area contributed by atoms with Crippen molar-refractivity contribution in [2.75, 3.05) is 25.6 Å². The Bertz CT molecular complexity index is 765. The molecule has 0 bridgehead atoms. The van der Waals surface area contributed by atoms with E-state index in [1.807, 2.05) is 0 Å². The highest BCUT2D eigenvalue weighted by Gasteiger charge is 2.21. The van der Waals surface area contributed by atoms with Gasteiger partial charge in [-0.05, 0) is 12.1 Å². The van der Waals surface area contributed by atoms with Crippen molar-refractivity contribution in [3.63, 3.8) is 0 Å². The van der Waals surface area contributed by atoms with Crippen LogP contribution in [0.3, 0.4) is 0 Å². The minimum atomic E-state index is -4.00. The van der Waals surface area contributed by atoms with Crippen LogP contribution in [-0.4, -0.2) is 48.3 Å². The number of nitrogens with zero attached hydrogens (tertiary/aromatic N) is 2. The topological polar surface area (TPSA) is 139 Å². The van der Waals surface area contributed by atoms with Gasteiger partial charge in [-0.3, -0.25) is 14.3 Å². The molecule has 0 aliphatic heterocycles. The molecular formula is C10H15N3O6S2. The van der Waals surface area contributed by atoms with Gasteiger partial charge in [-0.1, -0.05) is 0 Å². The molecule has 0 amide bonds. The zero-order chi connectivity index (χ0) is 16.3. The van der Waals surface area contributed by atoms with Gasteiger partial charge in [0.1, 0.15) is 0 Å². The molecular weight excluding hydrogens is 322 g/mol. The van der Waals surface area contributed by atoms with Crippen LogP contribution in [0.5, 0.6) is 5.75 Å². The summed E-state index contributed by atoms with van der Waals surface area (Å²) in [6, 6.07) is 2.72. The van der Waals surface area contributed by atoms with E-state index >= 15 is 0 Å². The average molecular weight is 337 g/mol. The molecule has 0 spiro atoms. The molecule has 0 heterocycles. The Morgan fingerprint density at radius 2 is 2.00 bits per heavy atom. The molecule has 1 unspecified atom stereocenters. The van der Waals surface area contributed by atoms with Gasteiger partial charge in [-0.2, -0.15) is 0 Å². The summed E-state index contributed by atoms with van der Waals surface area (Å²) in [6.07, 6.45) is 1.40. The molecule has 0 fully saturated rings. The third kappa shape index (κ3) is 4.65. The van der Waals surface area contributed by atoms with Crippen LogP contribution in [0.2, 0.25) is 0 Å². The molecule has 9 nitrogen and oxygen atoms in total. The molecule has 0 aromatic heterocycles. The van der Waals surface area contributed by atoms with E-state index in [-0.39, 0.29) is 17.2 Å². The number of sulfonamides is 1. The average Bonchev–Trinajstić information content (AvgIpc) is 2.38. The first-order valence-electron chi connectivity index (χ1n) is 5.64. The van der Waals surface area contributed by atoms with Gasteiger partial charge in [-0.15, -0.1) is 0 Å². The quantitative estimate of drug-likeness (QED) is 0.565. The lowest BCUT2D eigenvalue weighted by atomic mass is 10.3. The number of aromatic hydroxyl groups is 1. The minimum Gasteiger partial charge on any atom is -0.502 e. The van der Waals surface area contributed by atoms with Crippen LogP contribution in [0.1, 0.15) is 0 Å². The molecule has 118 valence electrons.